The predicted molar refractivity (Wildman–Crippen MR) is 235 cm³/mol. The van der Waals surface area contributed by atoms with Gasteiger partial charge in [0.25, 0.3) is 0 Å². The van der Waals surface area contributed by atoms with Crippen LogP contribution in [0.1, 0.15) is 100 Å². The van der Waals surface area contributed by atoms with E-state index in [2.05, 4.69) is 195 Å². The molecule has 1 unspecified atom stereocenters. The standard InChI is InChI=1S/C54H48O/c1-52(2,3)35-30-47(53(4,5)6)51-44-28-33(23-26-48(44)55-49(51)31-35)50(34-22-25-42-41-19-13-14-20-45(41)54(7,8)46(42)29-34)32-21-24-40-38-17-10-9-15-36(38)37-16-11-12-18-39(37)43(40)27-32/h9-31,50H,1-8H3. The van der Waals surface area contributed by atoms with Crippen molar-refractivity contribution in [3.05, 3.63) is 178 Å². The summed E-state index contributed by atoms with van der Waals surface area (Å²) in [6.45, 7) is 18.6. The predicted octanol–water partition coefficient (Wildman–Crippen LogP) is 15.1. The smallest absolute Gasteiger partial charge is 0.136 e. The molecular weight excluding hydrogens is 665 g/mol. The summed E-state index contributed by atoms with van der Waals surface area (Å²) in [5, 5.41) is 10.2. The number of furan rings is 1. The van der Waals surface area contributed by atoms with Gasteiger partial charge < -0.3 is 4.42 Å². The Bertz CT molecular complexity index is 2990. The highest BCUT2D eigenvalue weighted by molar-refractivity contribution is 6.25. The van der Waals surface area contributed by atoms with Gasteiger partial charge in [-0.2, -0.15) is 0 Å². The van der Waals surface area contributed by atoms with Gasteiger partial charge in [-0.15, -0.1) is 0 Å². The molecule has 10 rings (SSSR count). The minimum atomic E-state index is -0.0952. The number of rotatable bonds is 3. The van der Waals surface area contributed by atoms with Crippen molar-refractivity contribution in [2.24, 2.45) is 0 Å². The summed E-state index contributed by atoms with van der Waals surface area (Å²) in [4.78, 5) is 0. The van der Waals surface area contributed by atoms with E-state index in [9.17, 15) is 0 Å². The van der Waals surface area contributed by atoms with Gasteiger partial charge in [0.2, 0.25) is 0 Å². The van der Waals surface area contributed by atoms with Crippen LogP contribution in [0.15, 0.2) is 144 Å². The Morgan fingerprint density at radius 3 is 1.62 bits per heavy atom. The molecule has 0 radical (unpaired) electrons. The van der Waals surface area contributed by atoms with Crippen molar-refractivity contribution in [2.45, 2.75) is 77.6 Å². The van der Waals surface area contributed by atoms with E-state index in [1.165, 1.54) is 93.2 Å². The van der Waals surface area contributed by atoms with Gasteiger partial charge >= 0.3 is 0 Å². The van der Waals surface area contributed by atoms with Gasteiger partial charge in [-0.05, 0) is 117 Å². The fourth-order valence-electron chi connectivity index (χ4n) is 9.71. The lowest BCUT2D eigenvalue weighted by atomic mass is 9.77. The molecule has 1 heterocycles. The van der Waals surface area contributed by atoms with Crippen molar-refractivity contribution in [2.75, 3.05) is 0 Å². The summed E-state index contributed by atoms with van der Waals surface area (Å²) < 4.78 is 6.74. The highest BCUT2D eigenvalue weighted by Crippen LogP contribution is 2.51. The van der Waals surface area contributed by atoms with Gasteiger partial charge in [-0.3, -0.25) is 0 Å². The van der Waals surface area contributed by atoms with Crippen LogP contribution in [0.5, 0.6) is 0 Å². The molecule has 0 spiro atoms. The maximum atomic E-state index is 6.74. The number of hydrogen-bond donors (Lipinski definition) is 0. The van der Waals surface area contributed by atoms with Crippen molar-refractivity contribution >= 4 is 54.3 Å². The van der Waals surface area contributed by atoms with Crippen molar-refractivity contribution in [1.82, 2.24) is 0 Å². The SMILES string of the molecule is CC(C)(C)c1cc(C(C)(C)C)c2c(c1)oc1ccc(C(c3ccc4c(c3)C(C)(C)c3ccccc3-4)c3ccc4c5ccccc5c5ccccc5c4c3)cc12. The van der Waals surface area contributed by atoms with Crippen LogP contribution in [-0.2, 0) is 16.2 Å². The van der Waals surface area contributed by atoms with Crippen molar-refractivity contribution in [1.29, 1.82) is 0 Å². The van der Waals surface area contributed by atoms with Gasteiger partial charge in [0.1, 0.15) is 11.2 Å². The zero-order valence-corrected chi connectivity index (χ0v) is 33.3. The monoisotopic (exact) mass is 712 g/mol. The fraction of sp³-hybridized carbons (Fsp3) is 0.222. The average Bonchev–Trinajstić information content (AvgIpc) is 3.65. The van der Waals surface area contributed by atoms with E-state index in [-0.39, 0.29) is 22.2 Å². The third kappa shape index (κ3) is 5.12. The van der Waals surface area contributed by atoms with Crippen LogP contribution in [0.25, 0.3) is 65.4 Å². The van der Waals surface area contributed by atoms with Gasteiger partial charge in [0.05, 0.1) is 0 Å². The Morgan fingerprint density at radius 1 is 0.436 bits per heavy atom. The average molecular weight is 713 g/mol. The topological polar surface area (TPSA) is 13.1 Å². The molecule has 8 aromatic carbocycles. The number of benzene rings is 8. The van der Waals surface area contributed by atoms with E-state index in [1.54, 1.807) is 0 Å². The maximum absolute atomic E-state index is 6.74. The number of fused-ring (bicyclic) bond motifs is 12. The Balaban J connectivity index is 1.26. The third-order valence-electron chi connectivity index (χ3n) is 12.6. The summed E-state index contributed by atoms with van der Waals surface area (Å²) in [5.74, 6) is 0.000676. The van der Waals surface area contributed by atoms with Crippen molar-refractivity contribution in [3.8, 4) is 11.1 Å². The molecule has 9 aromatic rings. The molecule has 1 nitrogen and oxygen atoms in total. The van der Waals surface area contributed by atoms with E-state index in [0.717, 1.165) is 11.2 Å². The second-order valence-corrected chi connectivity index (χ2v) is 18.6. The molecule has 0 saturated carbocycles. The first-order valence-corrected chi connectivity index (χ1v) is 19.9. The van der Waals surface area contributed by atoms with Crippen LogP contribution >= 0.6 is 0 Å². The minimum Gasteiger partial charge on any atom is -0.456 e. The maximum Gasteiger partial charge on any atom is 0.136 e. The van der Waals surface area contributed by atoms with E-state index in [4.69, 9.17) is 4.42 Å². The Morgan fingerprint density at radius 2 is 0.964 bits per heavy atom. The van der Waals surface area contributed by atoms with Crippen LogP contribution < -0.4 is 0 Å². The number of hydrogen-bond acceptors (Lipinski definition) is 1. The molecule has 1 aliphatic rings. The Hall–Kier alpha value is -5.66. The molecular formula is C54H48O. The largest absolute Gasteiger partial charge is 0.456 e. The molecule has 1 atom stereocenters. The highest BCUT2D eigenvalue weighted by Gasteiger charge is 2.36. The molecule has 0 N–H and O–H groups in total. The Kier molecular flexibility index (Phi) is 7.19. The molecule has 0 aliphatic heterocycles. The van der Waals surface area contributed by atoms with Crippen LogP contribution in [0.2, 0.25) is 0 Å². The fourth-order valence-corrected chi connectivity index (χ4v) is 9.71. The van der Waals surface area contributed by atoms with Gasteiger partial charge in [-0.1, -0.05) is 171 Å². The van der Waals surface area contributed by atoms with E-state index in [1.807, 2.05) is 0 Å². The molecule has 1 aromatic heterocycles. The first-order valence-electron chi connectivity index (χ1n) is 19.9. The van der Waals surface area contributed by atoms with Crippen LogP contribution in [-0.4, -0.2) is 0 Å². The molecule has 55 heavy (non-hydrogen) atoms. The lowest BCUT2D eigenvalue weighted by Gasteiger charge is -2.26. The summed E-state index contributed by atoms with van der Waals surface area (Å²) in [6.07, 6.45) is 0. The zero-order valence-electron chi connectivity index (χ0n) is 33.3. The Labute approximate surface area is 324 Å². The van der Waals surface area contributed by atoms with Gasteiger partial charge in [0.15, 0.2) is 0 Å². The first-order chi connectivity index (χ1) is 26.3. The van der Waals surface area contributed by atoms with E-state index >= 15 is 0 Å². The summed E-state index contributed by atoms with van der Waals surface area (Å²) in [7, 11) is 0. The van der Waals surface area contributed by atoms with Gasteiger partial charge in [-0.25, -0.2) is 0 Å². The molecule has 0 fully saturated rings. The lowest BCUT2D eigenvalue weighted by molar-refractivity contribution is 0.569. The summed E-state index contributed by atoms with van der Waals surface area (Å²) in [6, 6.07) is 52.9. The zero-order chi connectivity index (χ0) is 38.0. The first kappa shape index (κ1) is 33.9. The third-order valence-corrected chi connectivity index (χ3v) is 12.6. The normalized spacial score (nSPS) is 14.6. The van der Waals surface area contributed by atoms with Crippen LogP contribution in [0.4, 0.5) is 0 Å². The van der Waals surface area contributed by atoms with Gasteiger partial charge in [0, 0.05) is 22.1 Å². The molecule has 270 valence electrons. The van der Waals surface area contributed by atoms with E-state index in [0.29, 0.717) is 0 Å². The van der Waals surface area contributed by atoms with Crippen molar-refractivity contribution < 1.29 is 4.42 Å². The quantitative estimate of drug-likeness (QED) is 0.131. The molecule has 1 aliphatic carbocycles. The highest BCUT2D eigenvalue weighted by atomic mass is 16.3. The second-order valence-electron chi connectivity index (χ2n) is 18.6. The summed E-state index contributed by atoms with van der Waals surface area (Å²) >= 11 is 0. The van der Waals surface area contributed by atoms with Crippen LogP contribution in [0, 0.1) is 0 Å². The lowest BCUT2D eigenvalue weighted by Crippen LogP contribution is -2.16. The molecule has 1 heteroatoms. The molecule has 0 saturated heterocycles. The minimum absolute atomic E-state index is 0.000676. The summed E-state index contributed by atoms with van der Waals surface area (Å²) in [5.41, 5.74) is 13.8. The van der Waals surface area contributed by atoms with Crippen molar-refractivity contribution in [3.63, 3.8) is 0 Å². The second kappa shape index (κ2) is 11.7. The molecule has 0 amide bonds. The van der Waals surface area contributed by atoms with E-state index < -0.39 is 0 Å². The van der Waals surface area contributed by atoms with Crippen LogP contribution in [0.3, 0.4) is 0 Å². The molecule has 0 bridgehead atoms.